The van der Waals surface area contributed by atoms with Gasteiger partial charge in [0, 0.05) is 32.9 Å². The molecule has 2 heterocycles. The molecular formula is C16H20ClN5O2. The zero-order valence-electron chi connectivity index (χ0n) is 13.4. The van der Waals surface area contributed by atoms with E-state index in [9.17, 15) is 4.79 Å². The molecule has 2 aromatic rings. The molecule has 7 nitrogen and oxygen atoms in total. The molecule has 0 fully saturated rings. The minimum atomic E-state index is -0.236. The highest BCUT2D eigenvalue weighted by atomic mass is 35.5. The standard InChI is InChI=1S/C16H20ClN5O2/c1-18-16(20-7-6-12-4-5-14(17)22-11-12)21-9-8-19-15(23)13-3-2-10-24-13/h2-5,10-11H,6-9H2,1H3,(H,19,23)(H2,18,20,21). The van der Waals surface area contributed by atoms with Gasteiger partial charge < -0.3 is 20.4 Å². The molecule has 3 N–H and O–H groups in total. The number of nitrogens with zero attached hydrogens (tertiary/aromatic N) is 2. The molecule has 24 heavy (non-hydrogen) atoms. The Morgan fingerprint density at radius 2 is 2.00 bits per heavy atom. The minimum Gasteiger partial charge on any atom is -0.459 e. The average molecular weight is 350 g/mol. The second-order valence-electron chi connectivity index (χ2n) is 4.90. The SMILES string of the molecule is CN=C(NCCNC(=O)c1ccco1)NCCc1ccc(Cl)nc1. The van der Waals surface area contributed by atoms with Crippen LogP contribution in [0.25, 0.3) is 0 Å². The normalized spacial score (nSPS) is 11.2. The number of hydrogen-bond acceptors (Lipinski definition) is 4. The summed E-state index contributed by atoms with van der Waals surface area (Å²) in [5.74, 6) is 0.734. The van der Waals surface area contributed by atoms with Crippen molar-refractivity contribution in [1.82, 2.24) is 20.9 Å². The number of pyridine rings is 1. The highest BCUT2D eigenvalue weighted by Crippen LogP contribution is 2.05. The van der Waals surface area contributed by atoms with Crippen LogP contribution in [0.15, 0.2) is 46.1 Å². The van der Waals surface area contributed by atoms with Crippen molar-refractivity contribution in [3.8, 4) is 0 Å². The van der Waals surface area contributed by atoms with E-state index in [1.54, 1.807) is 31.4 Å². The van der Waals surface area contributed by atoms with Crippen LogP contribution >= 0.6 is 11.6 Å². The van der Waals surface area contributed by atoms with E-state index in [-0.39, 0.29) is 5.91 Å². The molecule has 2 aromatic heterocycles. The van der Waals surface area contributed by atoms with Gasteiger partial charge in [-0.3, -0.25) is 9.79 Å². The van der Waals surface area contributed by atoms with Crippen LogP contribution in [0.2, 0.25) is 5.15 Å². The lowest BCUT2D eigenvalue weighted by Gasteiger charge is -2.12. The first kappa shape index (κ1) is 17.8. The second-order valence-corrected chi connectivity index (χ2v) is 5.29. The summed E-state index contributed by atoms with van der Waals surface area (Å²) >= 11 is 5.75. The van der Waals surface area contributed by atoms with Crippen LogP contribution in [-0.4, -0.2) is 43.5 Å². The third-order valence-electron chi connectivity index (χ3n) is 3.17. The summed E-state index contributed by atoms with van der Waals surface area (Å²) in [5, 5.41) is 9.56. The molecule has 0 bridgehead atoms. The van der Waals surface area contributed by atoms with E-state index in [0.717, 1.165) is 12.0 Å². The number of hydrogen-bond donors (Lipinski definition) is 3. The van der Waals surface area contributed by atoms with Crippen molar-refractivity contribution >= 4 is 23.5 Å². The van der Waals surface area contributed by atoms with Gasteiger partial charge in [-0.1, -0.05) is 17.7 Å². The Morgan fingerprint density at radius 3 is 2.67 bits per heavy atom. The maximum atomic E-state index is 11.7. The Labute approximate surface area is 145 Å². The number of carbonyl (C=O) groups excluding carboxylic acids is 1. The Hall–Kier alpha value is -2.54. The molecule has 0 radical (unpaired) electrons. The fourth-order valence-electron chi connectivity index (χ4n) is 1.95. The molecule has 0 spiro atoms. The van der Waals surface area contributed by atoms with Gasteiger partial charge in [-0.25, -0.2) is 4.98 Å². The fraction of sp³-hybridized carbons (Fsp3) is 0.312. The maximum absolute atomic E-state index is 11.7. The van der Waals surface area contributed by atoms with Crippen LogP contribution in [0.1, 0.15) is 16.1 Å². The lowest BCUT2D eigenvalue weighted by Crippen LogP contribution is -2.42. The van der Waals surface area contributed by atoms with Gasteiger partial charge in [-0.15, -0.1) is 0 Å². The quantitative estimate of drug-likeness (QED) is 0.305. The van der Waals surface area contributed by atoms with Crippen molar-refractivity contribution < 1.29 is 9.21 Å². The first-order valence-corrected chi connectivity index (χ1v) is 7.93. The van der Waals surface area contributed by atoms with Crippen LogP contribution in [0.3, 0.4) is 0 Å². The summed E-state index contributed by atoms with van der Waals surface area (Å²) in [5.41, 5.74) is 1.09. The predicted molar refractivity (Wildman–Crippen MR) is 93.4 cm³/mol. The molecule has 0 saturated heterocycles. The van der Waals surface area contributed by atoms with Gasteiger partial charge in [0.05, 0.1) is 6.26 Å². The lowest BCUT2D eigenvalue weighted by molar-refractivity contribution is 0.0926. The van der Waals surface area contributed by atoms with Gasteiger partial charge in [0.25, 0.3) is 5.91 Å². The van der Waals surface area contributed by atoms with Crippen LogP contribution in [0.4, 0.5) is 0 Å². The molecule has 0 aromatic carbocycles. The zero-order chi connectivity index (χ0) is 17.2. The monoisotopic (exact) mass is 349 g/mol. The van der Waals surface area contributed by atoms with Gasteiger partial charge in [0.15, 0.2) is 11.7 Å². The smallest absolute Gasteiger partial charge is 0.287 e. The topological polar surface area (TPSA) is 91.5 Å². The van der Waals surface area contributed by atoms with Gasteiger partial charge in [0.1, 0.15) is 5.15 Å². The zero-order valence-corrected chi connectivity index (χ0v) is 14.1. The molecule has 0 saturated carbocycles. The number of furan rings is 1. The van der Waals surface area contributed by atoms with Crippen LogP contribution in [-0.2, 0) is 6.42 Å². The molecule has 0 aliphatic heterocycles. The molecule has 0 atom stereocenters. The van der Waals surface area contributed by atoms with E-state index in [1.165, 1.54) is 6.26 Å². The largest absolute Gasteiger partial charge is 0.459 e. The van der Waals surface area contributed by atoms with Crippen LogP contribution < -0.4 is 16.0 Å². The molecule has 0 unspecified atom stereocenters. The van der Waals surface area contributed by atoms with Crippen molar-refractivity contribution in [3.05, 3.63) is 53.2 Å². The number of amides is 1. The minimum absolute atomic E-state index is 0.236. The van der Waals surface area contributed by atoms with Gasteiger partial charge in [-0.2, -0.15) is 0 Å². The number of carbonyl (C=O) groups is 1. The number of halogens is 1. The van der Waals surface area contributed by atoms with Crippen molar-refractivity contribution in [2.75, 3.05) is 26.7 Å². The van der Waals surface area contributed by atoms with E-state index in [4.69, 9.17) is 16.0 Å². The van der Waals surface area contributed by atoms with Gasteiger partial charge in [0.2, 0.25) is 0 Å². The van der Waals surface area contributed by atoms with E-state index < -0.39 is 0 Å². The Balaban J connectivity index is 1.62. The molecule has 0 aliphatic carbocycles. The van der Waals surface area contributed by atoms with Gasteiger partial charge in [-0.05, 0) is 30.2 Å². The summed E-state index contributed by atoms with van der Waals surface area (Å²) < 4.78 is 5.02. The van der Waals surface area contributed by atoms with E-state index in [2.05, 4.69) is 25.9 Å². The second kappa shape index (κ2) is 9.57. The third kappa shape index (κ3) is 5.92. The average Bonchev–Trinajstić information content (AvgIpc) is 3.13. The molecule has 1 amide bonds. The third-order valence-corrected chi connectivity index (χ3v) is 3.39. The number of aromatic nitrogens is 1. The van der Waals surface area contributed by atoms with Gasteiger partial charge >= 0.3 is 0 Å². The summed E-state index contributed by atoms with van der Waals surface area (Å²) in [4.78, 5) is 19.8. The van der Waals surface area contributed by atoms with Crippen molar-refractivity contribution in [2.24, 2.45) is 4.99 Å². The molecular weight excluding hydrogens is 330 g/mol. The Morgan fingerprint density at radius 1 is 1.21 bits per heavy atom. The lowest BCUT2D eigenvalue weighted by atomic mass is 10.2. The molecule has 8 heteroatoms. The van der Waals surface area contributed by atoms with Crippen LogP contribution in [0.5, 0.6) is 0 Å². The van der Waals surface area contributed by atoms with E-state index in [0.29, 0.717) is 36.5 Å². The van der Waals surface area contributed by atoms with E-state index in [1.807, 2.05) is 6.07 Å². The Kier molecular flexibility index (Phi) is 7.10. The summed E-state index contributed by atoms with van der Waals surface area (Å²) in [6, 6.07) is 7.01. The maximum Gasteiger partial charge on any atom is 0.287 e. The highest BCUT2D eigenvalue weighted by molar-refractivity contribution is 6.29. The summed E-state index contributed by atoms with van der Waals surface area (Å²) in [7, 11) is 1.70. The number of guanidine groups is 1. The Bertz CT molecular complexity index is 656. The number of rotatable bonds is 7. The summed E-state index contributed by atoms with van der Waals surface area (Å²) in [6.07, 6.45) is 4.03. The predicted octanol–water partition coefficient (Wildman–Crippen LogP) is 1.47. The van der Waals surface area contributed by atoms with Crippen molar-refractivity contribution in [2.45, 2.75) is 6.42 Å². The highest BCUT2D eigenvalue weighted by Gasteiger charge is 2.06. The number of nitrogens with one attached hydrogen (secondary N) is 3. The number of aliphatic imine (C=N–C) groups is 1. The first-order chi connectivity index (χ1) is 11.7. The molecule has 2 rings (SSSR count). The first-order valence-electron chi connectivity index (χ1n) is 7.55. The van der Waals surface area contributed by atoms with Crippen LogP contribution in [0, 0.1) is 0 Å². The fourth-order valence-corrected chi connectivity index (χ4v) is 2.06. The van der Waals surface area contributed by atoms with Crippen molar-refractivity contribution in [1.29, 1.82) is 0 Å². The molecule has 128 valence electrons. The summed E-state index contributed by atoms with van der Waals surface area (Å²) in [6.45, 7) is 1.72. The van der Waals surface area contributed by atoms with Crippen molar-refractivity contribution in [3.63, 3.8) is 0 Å². The van der Waals surface area contributed by atoms with E-state index >= 15 is 0 Å². The molecule has 0 aliphatic rings.